The van der Waals surface area contributed by atoms with Crippen molar-refractivity contribution in [3.63, 3.8) is 0 Å². The average molecular weight is 227 g/mol. The second-order valence-corrected chi connectivity index (χ2v) is 3.75. The standard InChI is InChI=1S/C9H10FN3O3/c10-6-4-13(3-5-1-2-5)8(14)11-7(6)12-9(15)16/h4-5H,1-3H2,(H,15,16)(H,11,12,14). The smallest absolute Gasteiger partial charge is 0.410 e. The SMILES string of the molecule is O=C(O)Nc1nc(=O)n(CC2CC2)cc1F. The molecular weight excluding hydrogens is 217 g/mol. The minimum Gasteiger partial charge on any atom is -0.465 e. The van der Waals surface area contributed by atoms with Gasteiger partial charge in [-0.05, 0) is 18.8 Å². The number of halogens is 1. The van der Waals surface area contributed by atoms with Gasteiger partial charge in [-0.2, -0.15) is 4.98 Å². The van der Waals surface area contributed by atoms with Crippen LogP contribution in [-0.4, -0.2) is 20.8 Å². The van der Waals surface area contributed by atoms with Crippen molar-refractivity contribution in [2.45, 2.75) is 19.4 Å². The molecule has 86 valence electrons. The van der Waals surface area contributed by atoms with Gasteiger partial charge in [-0.1, -0.05) is 0 Å². The molecule has 1 fully saturated rings. The lowest BCUT2D eigenvalue weighted by Gasteiger charge is -2.06. The number of carbonyl (C=O) groups is 1. The Bertz CT molecular complexity index is 481. The second-order valence-electron chi connectivity index (χ2n) is 3.75. The summed E-state index contributed by atoms with van der Waals surface area (Å²) in [5.41, 5.74) is -0.642. The van der Waals surface area contributed by atoms with Crippen molar-refractivity contribution in [1.29, 1.82) is 0 Å². The van der Waals surface area contributed by atoms with Crippen LogP contribution in [0, 0.1) is 11.7 Å². The van der Waals surface area contributed by atoms with Crippen LogP contribution < -0.4 is 11.0 Å². The van der Waals surface area contributed by atoms with E-state index in [0.29, 0.717) is 12.5 Å². The molecule has 0 unspecified atom stereocenters. The fourth-order valence-electron chi connectivity index (χ4n) is 1.36. The molecule has 2 N–H and O–H groups in total. The van der Waals surface area contributed by atoms with Crippen molar-refractivity contribution in [3.8, 4) is 0 Å². The van der Waals surface area contributed by atoms with Crippen molar-refractivity contribution >= 4 is 11.9 Å². The maximum absolute atomic E-state index is 13.3. The highest BCUT2D eigenvalue weighted by atomic mass is 19.1. The third-order valence-corrected chi connectivity index (χ3v) is 2.33. The predicted octanol–water partition coefficient (Wildman–Crippen LogP) is 0.882. The van der Waals surface area contributed by atoms with Crippen molar-refractivity contribution in [1.82, 2.24) is 9.55 Å². The fraction of sp³-hybridized carbons (Fsp3) is 0.444. The predicted molar refractivity (Wildman–Crippen MR) is 52.8 cm³/mol. The molecule has 1 saturated carbocycles. The van der Waals surface area contributed by atoms with Gasteiger partial charge in [0.2, 0.25) is 0 Å². The van der Waals surface area contributed by atoms with E-state index in [0.717, 1.165) is 19.0 Å². The van der Waals surface area contributed by atoms with Crippen LogP contribution in [0.25, 0.3) is 0 Å². The highest BCUT2D eigenvalue weighted by Gasteiger charge is 2.23. The molecule has 1 aliphatic carbocycles. The van der Waals surface area contributed by atoms with Crippen molar-refractivity contribution in [3.05, 3.63) is 22.5 Å². The molecule has 0 spiro atoms. The highest BCUT2D eigenvalue weighted by Crippen LogP contribution is 2.30. The number of aromatic nitrogens is 2. The van der Waals surface area contributed by atoms with E-state index in [2.05, 4.69) is 4.98 Å². The van der Waals surface area contributed by atoms with E-state index in [1.807, 2.05) is 0 Å². The number of anilines is 1. The summed E-state index contributed by atoms with van der Waals surface area (Å²) in [5, 5.41) is 10.1. The number of hydrogen-bond acceptors (Lipinski definition) is 3. The zero-order chi connectivity index (χ0) is 11.7. The largest absolute Gasteiger partial charge is 0.465 e. The number of carboxylic acid groups (broad SMARTS) is 1. The number of rotatable bonds is 3. The van der Waals surface area contributed by atoms with Crippen LogP contribution in [0.1, 0.15) is 12.8 Å². The van der Waals surface area contributed by atoms with E-state index in [1.54, 1.807) is 5.32 Å². The van der Waals surface area contributed by atoms with E-state index in [9.17, 15) is 14.0 Å². The van der Waals surface area contributed by atoms with Gasteiger partial charge in [-0.15, -0.1) is 0 Å². The topological polar surface area (TPSA) is 84.2 Å². The van der Waals surface area contributed by atoms with Gasteiger partial charge in [0.15, 0.2) is 11.6 Å². The van der Waals surface area contributed by atoms with Gasteiger partial charge in [-0.3, -0.25) is 9.88 Å². The fourth-order valence-corrected chi connectivity index (χ4v) is 1.36. The van der Waals surface area contributed by atoms with Crippen LogP contribution in [-0.2, 0) is 6.54 Å². The first-order valence-corrected chi connectivity index (χ1v) is 4.83. The van der Waals surface area contributed by atoms with Crippen molar-refractivity contribution < 1.29 is 14.3 Å². The second kappa shape index (κ2) is 3.92. The normalized spacial score (nSPS) is 14.8. The molecule has 1 aromatic heterocycles. The van der Waals surface area contributed by atoms with Gasteiger partial charge in [0, 0.05) is 12.7 Å². The lowest BCUT2D eigenvalue weighted by molar-refractivity contribution is 0.209. The lowest BCUT2D eigenvalue weighted by atomic mass is 10.4. The maximum atomic E-state index is 13.3. The summed E-state index contributed by atoms with van der Waals surface area (Å²) in [6.07, 6.45) is 1.59. The van der Waals surface area contributed by atoms with Crippen molar-refractivity contribution in [2.24, 2.45) is 5.92 Å². The Balaban J connectivity index is 2.26. The highest BCUT2D eigenvalue weighted by molar-refractivity contribution is 5.81. The van der Waals surface area contributed by atoms with Gasteiger partial charge in [-0.25, -0.2) is 14.0 Å². The molecule has 1 amide bonds. The molecule has 0 aromatic carbocycles. The van der Waals surface area contributed by atoms with Gasteiger partial charge in [0.05, 0.1) is 0 Å². The summed E-state index contributed by atoms with van der Waals surface area (Å²) in [6, 6.07) is 0. The molecule has 0 atom stereocenters. The van der Waals surface area contributed by atoms with E-state index < -0.39 is 23.4 Å². The third-order valence-electron chi connectivity index (χ3n) is 2.33. The average Bonchev–Trinajstić information content (AvgIpc) is 2.96. The maximum Gasteiger partial charge on any atom is 0.410 e. The van der Waals surface area contributed by atoms with Crippen LogP contribution >= 0.6 is 0 Å². The first-order chi connectivity index (χ1) is 7.56. The summed E-state index contributed by atoms with van der Waals surface area (Å²) in [5.74, 6) is -0.982. The Morgan fingerprint density at radius 3 is 2.94 bits per heavy atom. The number of hydrogen-bond donors (Lipinski definition) is 2. The molecule has 6 nitrogen and oxygen atoms in total. The van der Waals surface area contributed by atoms with Crippen LogP contribution in [0.2, 0.25) is 0 Å². The first kappa shape index (κ1) is 10.6. The van der Waals surface area contributed by atoms with Gasteiger partial charge < -0.3 is 5.11 Å². The van der Waals surface area contributed by atoms with Gasteiger partial charge in [0.1, 0.15) is 0 Å². The Kier molecular flexibility index (Phi) is 2.59. The summed E-state index contributed by atoms with van der Waals surface area (Å²) in [6.45, 7) is 0.441. The molecule has 16 heavy (non-hydrogen) atoms. The molecule has 0 aliphatic heterocycles. The van der Waals surface area contributed by atoms with Crippen LogP contribution in [0.15, 0.2) is 11.0 Å². The van der Waals surface area contributed by atoms with E-state index in [1.165, 1.54) is 4.57 Å². The molecule has 1 aromatic rings. The summed E-state index contributed by atoms with van der Waals surface area (Å²) in [4.78, 5) is 25.0. The van der Waals surface area contributed by atoms with E-state index in [4.69, 9.17) is 5.11 Å². The lowest BCUT2D eigenvalue weighted by Crippen LogP contribution is -2.26. The monoisotopic (exact) mass is 227 g/mol. The quantitative estimate of drug-likeness (QED) is 0.802. The van der Waals surface area contributed by atoms with Crippen LogP contribution in [0.3, 0.4) is 0 Å². The number of amides is 1. The molecule has 0 saturated heterocycles. The third kappa shape index (κ3) is 2.36. The Morgan fingerprint density at radius 2 is 2.38 bits per heavy atom. The Labute approximate surface area is 89.7 Å². The van der Waals surface area contributed by atoms with Gasteiger partial charge >= 0.3 is 11.8 Å². The van der Waals surface area contributed by atoms with Gasteiger partial charge in [0.25, 0.3) is 0 Å². The van der Waals surface area contributed by atoms with E-state index in [-0.39, 0.29) is 0 Å². The molecule has 0 bridgehead atoms. The molecular formula is C9H10FN3O3. The molecule has 7 heteroatoms. The molecule has 1 heterocycles. The zero-order valence-corrected chi connectivity index (χ0v) is 8.31. The summed E-state index contributed by atoms with van der Waals surface area (Å²) in [7, 11) is 0. The zero-order valence-electron chi connectivity index (χ0n) is 8.31. The first-order valence-electron chi connectivity index (χ1n) is 4.83. The van der Waals surface area contributed by atoms with Crippen molar-refractivity contribution in [2.75, 3.05) is 5.32 Å². The van der Waals surface area contributed by atoms with Crippen LogP contribution in [0.5, 0.6) is 0 Å². The Hall–Kier alpha value is -1.92. The molecule has 0 radical (unpaired) electrons. The minimum atomic E-state index is -1.45. The minimum absolute atomic E-state index is 0.414. The Morgan fingerprint density at radius 1 is 1.69 bits per heavy atom. The summed E-state index contributed by atoms with van der Waals surface area (Å²) >= 11 is 0. The van der Waals surface area contributed by atoms with E-state index >= 15 is 0 Å². The number of nitrogens with one attached hydrogen (secondary N) is 1. The number of nitrogens with zero attached hydrogens (tertiary/aromatic N) is 2. The molecule has 1 aliphatic rings. The molecule has 2 rings (SSSR count). The summed E-state index contributed by atoms with van der Waals surface area (Å²) < 4.78 is 14.5. The van der Waals surface area contributed by atoms with Crippen LogP contribution in [0.4, 0.5) is 15.0 Å².